The molecule has 2 amide bonds. The van der Waals surface area contributed by atoms with E-state index in [1.54, 1.807) is 6.92 Å². The van der Waals surface area contributed by atoms with Crippen LogP contribution in [0.25, 0.3) is 0 Å². The highest BCUT2D eigenvalue weighted by atomic mass is 16.4. The number of rotatable bonds is 9. The Morgan fingerprint density at radius 3 is 2.39 bits per heavy atom. The van der Waals surface area contributed by atoms with Gasteiger partial charge in [0.25, 0.3) is 0 Å². The summed E-state index contributed by atoms with van der Waals surface area (Å²) >= 11 is 0. The molecule has 0 saturated heterocycles. The van der Waals surface area contributed by atoms with Gasteiger partial charge in [-0.15, -0.1) is 0 Å². The zero-order valence-electron chi connectivity index (χ0n) is 10.7. The summed E-state index contributed by atoms with van der Waals surface area (Å²) in [7, 11) is 0. The van der Waals surface area contributed by atoms with Crippen LogP contribution >= 0.6 is 0 Å². The maximum atomic E-state index is 11.7. The Morgan fingerprint density at radius 2 is 1.94 bits per heavy atom. The number of nitrogens with two attached hydrogens (primary N) is 1. The summed E-state index contributed by atoms with van der Waals surface area (Å²) in [5.74, 6) is -2.44. The summed E-state index contributed by atoms with van der Waals surface area (Å²) in [6.07, 6.45) is -0.0663. The van der Waals surface area contributed by atoms with E-state index in [2.05, 4.69) is 10.6 Å². The molecule has 0 radical (unpaired) electrons. The van der Waals surface area contributed by atoms with Gasteiger partial charge in [0.05, 0.1) is 0 Å². The van der Waals surface area contributed by atoms with Crippen molar-refractivity contribution >= 4 is 17.8 Å². The van der Waals surface area contributed by atoms with Gasteiger partial charge in [-0.05, 0) is 13.0 Å². The van der Waals surface area contributed by atoms with Crippen molar-refractivity contribution in [3.05, 3.63) is 0 Å². The van der Waals surface area contributed by atoms with Crippen LogP contribution in [0.4, 0.5) is 0 Å². The van der Waals surface area contributed by atoms with E-state index in [-0.39, 0.29) is 24.7 Å². The van der Waals surface area contributed by atoms with E-state index in [1.807, 2.05) is 6.92 Å². The van der Waals surface area contributed by atoms with E-state index >= 15 is 0 Å². The van der Waals surface area contributed by atoms with Gasteiger partial charge >= 0.3 is 5.97 Å². The first-order valence-electron chi connectivity index (χ1n) is 5.90. The Hall–Kier alpha value is -1.63. The predicted octanol–water partition coefficient (Wildman–Crippen LogP) is -0.933. The third-order valence-corrected chi connectivity index (χ3v) is 2.44. The minimum atomic E-state index is -1.17. The first kappa shape index (κ1) is 16.4. The van der Waals surface area contributed by atoms with E-state index in [0.29, 0.717) is 6.54 Å². The molecule has 0 heterocycles. The number of carboxylic acid groups (broad SMARTS) is 1. The zero-order chi connectivity index (χ0) is 14.1. The molecule has 5 N–H and O–H groups in total. The zero-order valence-corrected chi connectivity index (χ0v) is 10.7. The molecule has 0 aliphatic rings. The van der Waals surface area contributed by atoms with Crippen molar-refractivity contribution < 1.29 is 19.5 Å². The molecule has 0 bridgehead atoms. The highest BCUT2D eigenvalue weighted by Crippen LogP contribution is 2.00. The second-order valence-corrected chi connectivity index (χ2v) is 4.11. The molecular formula is C11H21N3O4. The molecule has 0 aromatic rings. The molecule has 7 heteroatoms. The van der Waals surface area contributed by atoms with Crippen molar-refractivity contribution in [2.45, 2.75) is 32.7 Å². The summed E-state index contributed by atoms with van der Waals surface area (Å²) in [5, 5.41) is 14.3. The SMILES string of the molecule is CCNCC(C)C(=O)NC(CCC(N)=O)C(=O)O. The molecule has 0 aromatic carbocycles. The van der Waals surface area contributed by atoms with Crippen LogP contribution in [0.15, 0.2) is 0 Å². The number of hydrogen-bond donors (Lipinski definition) is 4. The highest BCUT2D eigenvalue weighted by Gasteiger charge is 2.22. The number of hydrogen-bond acceptors (Lipinski definition) is 4. The Labute approximate surface area is 106 Å². The maximum absolute atomic E-state index is 11.7. The average Bonchev–Trinajstić information content (AvgIpc) is 2.30. The van der Waals surface area contributed by atoms with Crippen molar-refractivity contribution in [2.75, 3.05) is 13.1 Å². The third kappa shape index (κ3) is 6.85. The number of carbonyl (C=O) groups excluding carboxylic acids is 2. The van der Waals surface area contributed by atoms with Crippen LogP contribution in [-0.4, -0.2) is 42.0 Å². The number of primary amides is 1. The monoisotopic (exact) mass is 259 g/mol. The second-order valence-electron chi connectivity index (χ2n) is 4.11. The summed E-state index contributed by atoms with van der Waals surface area (Å²) in [4.78, 5) is 33.2. The Balaban J connectivity index is 4.26. The molecule has 0 aliphatic carbocycles. The lowest BCUT2D eigenvalue weighted by Crippen LogP contribution is -2.45. The van der Waals surface area contributed by atoms with E-state index in [9.17, 15) is 14.4 Å². The van der Waals surface area contributed by atoms with Crippen molar-refractivity contribution in [1.82, 2.24) is 10.6 Å². The lowest BCUT2D eigenvalue weighted by Gasteiger charge is -2.17. The molecule has 0 fully saturated rings. The van der Waals surface area contributed by atoms with Crippen LogP contribution in [-0.2, 0) is 14.4 Å². The standard InChI is InChI=1S/C11H21N3O4/c1-3-13-6-7(2)10(16)14-8(11(17)18)4-5-9(12)15/h7-8,13H,3-6H2,1-2H3,(H2,12,15)(H,14,16)(H,17,18). The Kier molecular flexibility index (Phi) is 7.69. The van der Waals surface area contributed by atoms with E-state index < -0.39 is 17.9 Å². The number of amides is 2. The quantitative estimate of drug-likeness (QED) is 0.426. The molecule has 2 atom stereocenters. The first-order valence-corrected chi connectivity index (χ1v) is 5.90. The van der Waals surface area contributed by atoms with Gasteiger partial charge in [-0.2, -0.15) is 0 Å². The predicted molar refractivity (Wildman–Crippen MR) is 65.7 cm³/mol. The number of carboxylic acids is 1. The molecule has 0 aromatic heterocycles. The van der Waals surface area contributed by atoms with Gasteiger partial charge in [0, 0.05) is 18.9 Å². The summed E-state index contributed by atoms with van der Waals surface area (Å²) in [5.41, 5.74) is 4.94. The molecular weight excluding hydrogens is 238 g/mol. The fourth-order valence-electron chi connectivity index (χ4n) is 1.31. The molecule has 104 valence electrons. The van der Waals surface area contributed by atoms with Crippen molar-refractivity contribution in [2.24, 2.45) is 11.7 Å². The number of nitrogens with one attached hydrogen (secondary N) is 2. The van der Waals surface area contributed by atoms with Crippen LogP contribution in [0.5, 0.6) is 0 Å². The van der Waals surface area contributed by atoms with Crippen LogP contribution < -0.4 is 16.4 Å². The Morgan fingerprint density at radius 1 is 1.33 bits per heavy atom. The summed E-state index contributed by atoms with van der Waals surface area (Å²) in [6, 6.07) is -1.07. The van der Waals surface area contributed by atoms with Crippen LogP contribution in [0.3, 0.4) is 0 Å². The molecule has 2 unspecified atom stereocenters. The van der Waals surface area contributed by atoms with Gasteiger partial charge in [-0.3, -0.25) is 9.59 Å². The average molecular weight is 259 g/mol. The third-order valence-electron chi connectivity index (χ3n) is 2.44. The van der Waals surface area contributed by atoms with Crippen LogP contribution in [0, 0.1) is 5.92 Å². The molecule has 18 heavy (non-hydrogen) atoms. The largest absolute Gasteiger partial charge is 0.480 e. The van der Waals surface area contributed by atoms with Crippen LogP contribution in [0.2, 0.25) is 0 Å². The topological polar surface area (TPSA) is 122 Å². The lowest BCUT2D eigenvalue weighted by atomic mass is 10.1. The minimum Gasteiger partial charge on any atom is -0.480 e. The van der Waals surface area contributed by atoms with E-state index in [1.165, 1.54) is 0 Å². The van der Waals surface area contributed by atoms with Gasteiger partial charge < -0.3 is 21.5 Å². The first-order chi connectivity index (χ1) is 8.38. The van der Waals surface area contributed by atoms with Gasteiger partial charge in [-0.1, -0.05) is 13.8 Å². The number of carbonyl (C=O) groups is 3. The normalized spacial score (nSPS) is 13.7. The van der Waals surface area contributed by atoms with Crippen molar-refractivity contribution in [3.63, 3.8) is 0 Å². The minimum absolute atomic E-state index is 0.00430. The van der Waals surface area contributed by atoms with Crippen LogP contribution in [0.1, 0.15) is 26.7 Å². The van der Waals surface area contributed by atoms with Gasteiger partial charge in [0.2, 0.25) is 11.8 Å². The number of aliphatic carboxylic acids is 1. The summed E-state index contributed by atoms with van der Waals surface area (Å²) in [6.45, 7) is 4.83. The molecule has 7 nitrogen and oxygen atoms in total. The highest BCUT2D eigenvalue weighted by molar-refractivity contribution is 5.85. The van der Waals surface area contributed by atoms with Gasteiger partial charge in [-0.25, -0.2) is 4.79 Å². The van der Waals surface area contributed by atoms with Crippen molar-refractivity contribution in [1.29, 1.82) is 0 Å². The lowest BCUT2D eigenvalue weighted by molar-refractivity contribution is -0.142. The maximum Gasteiger partial charge on any atom is 0.326 e. The van der Waals surface area contributed by atoms with Gasteiger partial charge in [0.1, 0.15) is 6.04 Å². The molecule has 0 spiro atoms. The Bertz CT molecular complexity index is 307. The fraction of sp³-hybridized carbons (Fsp3) is 0.727. The summed E-state index contributed by atoms with van der Waals surface area (Å²) < 4.78 is 0. The van der Waals surface area contributed by atoms with E-state index in [0.717, 1.165) is 6.54 Å². The van der Waals surface area contributed by atoms with E-state index in [4.69, 9.17) is 10.8 Å². The fourth-order valence-corrected chi connectivity index (χ4v) is 1.31. The smallest absolute Gasteiger partial charge is 0.326 e. The molecule has 0 rings (SSSR count). The second kappa shape index (κ2) is 8.46. The molecule has 0 aliphatic heterocycles. The van der Waals surface area contributed by atoms with Gasteiger partial charge in [0.15, 0.2) is 0 Å². The van der Waals surface area contributed by atoms with Crippen molar-refractivity contribution in [3.8, 4) is 0 Å². The molecule has 0 saturated carbocycles.